The van der Waals surface area contributed by atoms with E-state index in [9.17, 15) is 9.90 Å². The van der Waals surface area contributed by atoms with Crippen molar-refractivity contribution in [2.75, 3.05) is 6.61 Å². The number of aryl methyl sites for hydroxylation is 3. The Morgan fingerprint density at radius 2 is 2.00 bits per heavy atom. The zero-order chi connectivity index (χ0) is 18.0. The molecule has 25 heavy (non-hydrogen) atoms. The molecule has 0 aliphatic rings. The molecule has 0 bridgehead atoms. The largest absolute Gasteiger partial charge is 0.396 e. The molecular weight excluding hydrogens is 316 g/mol. The van der Waals surface area contributed by atoms with Crippen LogP contribution in [0, 0.1) is 13.8 Å². The summed E-state index contributed by atoms with van der Waals surface area (Å²) in [6.07, 6.45) is 0.453. The van der Waals surface area contributed by atoms with Gasteiger partial charge in [0.05, 0.1) is 22.7 Å². The average Bonchev–Trinajstić information content (AvgIpc) is 2.88. The number of benzene rings is 1. The van der Waals surface area contributed by atoms with Gasteiger partial charge in [0, 0.05) is 19.3 Å². The van der Waals surface area contributed by atoms with Crippen LogP contribution >= 0.6 is 0 Å². The number of carbonyl (C=O) groups is 1. The quantitative estimate of drug-likeness (QED) is 0.749. The topological polar surface area (TPSA) is 80.0 Å². The van der Waals surface area contributed by atoms with Gasteiger partial charge in [0.25, 0.3) is 5.91 Å². The number of carbonyl (C=O) groups excluding carboxylic acids is 1. The van der Waals surface area contributed by atoms with Gasteiger partial charge in [-0.3, -0.25) is 9.48 Å². The lowest BCUT2D eigenvalue weighted by Crippen LogP contribution is -2.29. The van der Waals surface area contributed by atoms with Gasteiger partial charge in [-0.25, -0.2) is 4.98 Å². The van der Waals surface area contributed by atoms with Crippen molar-refractivity contribution in [1.82, 2.24) is 20.1 Å². The summed E-state index contributed by atoms with van der Waals surface area (Å²) < 4.78 is 1.69. The highest BCUT2D eigenvalue weighted by Crippen LogP contribution is 2.23. The Labute approximate surface area is 146 Å². The van der Waals surface area contributed by atoms with Crippen LogP contribution < -0.4 is 5.32 Å². The number of hydrogen-bond acceptors (Lipinski definition) is 4. The second-order valence-corrected chi connectivity index (χ2v) is 6.17. The number of amides is 1. The first kappa shape index (κ1) is 17.1. The number of hydrogen-bond donors (Lipinski definition) is 2. The third-order valence-corrected chi connectivity index (χ3v) is 4.27. The predicted octanol–water partition coefficient (Wildman–Crippen LogP) is 2.44. The number of aromatic nitrogens is 3. The van der Waals surface area contributed by atoms with Crippen LogP contribution in [0.15, 0.2) is 36.4 Å². The summed E-state index contributed by atoms with van der Waals surface area (Å²) in [7, 11) is 1.82. The van der Waals surface area contributed by atoms with Crippen molar-refractivity contribution in [1.29, 1.82) is 0 Å². The van der Waals surface area contributed by atoms with E-state index in [0.29, 0.717) is 17.6 Å². The molecule has 3 aromatic rings. The molecule has 6 nitrogen and oxygen atoms in total. The van der Waals surface area contributed by atoms with Gasteiger partial charge in [-0.15, -0.1) is 0 Å². The Balaban J connectivity index is 1.99. The first-order valence-electron chi connectivity index (χ1n) is 8.29. The van der Waals surface area contributed by atoms with Crippen LogP contribution in [-0.2, 0) is 7.05 Å². The summed E-state index contributed by atoms with van der Waals surface area (Å²) >= 11 is 0. The predicted molar refractivity (Wildman–Crippen MR) is 96.3 cm³/mol. The first-order chi connectivity index (χ1) is 12.0. The van der Waals surface area contributed by atoms with Crippen LogP contribution in [0.25, 0.3) is 11.0 Å². The van der Waals surface area contributed by atoms with Crippen molar-refractivity contribution in [2.45, 2.75) is 26.3 Å². The Kier molecular flexibility index (Phi) is 4.81. The van der Waals surface area contributed by atoms with E-state index in [1.165, 1.54) is 0 Å². The minimum atomic E-state index is -0.251. The summed E-state index contributed by atoms with van der Waals surface area (Å²) in [5, 5.41) is 17.6. The highest BCUT2D eigenvalue weighted by molar-refractivity contribution is 6.06. The highest BCUT2D eigenvalue weighted by Gasteiger charge is 2.20. The molecule has 0 radical (unpaired) electrons. The van der Waals surface area contributed by atoms with Crippen LogP contribution in [0.4, 0.5) is 0 Å². The van der Waals surface area contributed by atoms with E-state index in [0.717, 1.165) is 22.3 Å². The minimum absolute atomic E-state index is 0.00343. The minimum Gasteiger partial charge on any atom is -0.396 e. The number of nitrogens with zero attached hydrogens (tertiary/aromatic N) is 3. The lowest BCUT2D eigenvalue weighted by atomic mass is 10.0. The fraction of sp³-hybridized carbons (Fsp3) is 0.316. The maximum Gasteiger partial charge on any atom is 0.252 e. The third kappa shape index (κ3) is 3.39. The SMILES string of the molecule is Cc1cc(C(=O)NC(CCO)c2ccccc2)c2c(C)nn(C)c2n1. The van der Waals surface area contributed by atoms with Gasteiger partial charge < -0.3 is 10.4 Å². The van der Waals surface area contributed by atoms with Crippen molar-refractivity contribution in [3.63, 3.8) is 0 Å². The molecule has 130 valence electrons. The van der Waals surface area contributed by atoms with Gasteiger partial charge in [0.1, 0.15) is 0 Å². The van der Waals surface area contributed by atoms with Crippen LogP contribution in [-0.4, -0.2) is 32.4 Å². The molecule has 0 saturated heterocycles. The molecule has 1 unspecified atom stereocenters. The van der Waals surface area contributed by atoms with Crippen molar-refractivity contribution in [3.05, 3.63) is 58.9 Å². The molecule has 2 heterocycles. The summed E-state index contributed by atoms with van der Waals surface area (Å²) in [6.45, 7) is 3.73. The van der Waals surface area contributed by atoms with Crippen LogP contribution in [0.1, 0.15) is 39.8 Å². The average molecular weight is 338 g/mol. The Bertz CT molecular complexity index is 903. The Morgan fingerprint density at radius 3 is 2.68 bits per heavy atom. The van der Waals surface area contributed by atoms with Gasteiger partial charge in [-0.2, -0.15) is 5.10 Å². The smallest absolute Gasteiger partial charge is 0.252 e. The van der Waals surface area contributed by atoms with Crippen LogP contribution in [0.3, 0.4) is 0 Å². The molecular formula is C19H22N4O2. The van der Waals surface area contributed by atoms with Gasteiger partial charge >= 0.3 is 0 Å². The number of fused-ring (bicyclic) bond motifs is 1. The summed E-state index contributed by atoms with van der Waals surface area (Å²) in [5.41, 5.74) is 3.76. The molecule has 3 rings (SSSR count). The van der Waals surface area contributed by atoms with Crippen LogP contribution in [0.2, 0.25) is 0 Å². The van der Waals surface area contributed by atoms with Gasteiger partial charge in [0.2, 0.25) is 0 Å². The van der Waals surface area contributed by atoms with Crippen molar-refractivity contribution < 1.29 is 9.90 Å². The Morgan fingerprint density at radius 1 is 1.28 bits per heavy atom. The van der Waals surface area contributed by atoms with E-state index in [-0.39, 0.29) is 18.6 Å². The molecule has 0 fully saturated rings. The zero-order valence-corrected chi connectivity index (χ0v) is 14.7. The fourth-order valence-electron chi connectivity index (χ4n) is 3.12. The third-order valence-electron chi connectivity index (χ3n) is 4.27. The fourth-order valence-corrected chi connectivity index (χ4v) is 3.12. The normalized spacial score (nSPS) is 12.3. The van der Waals surface area contributed by atoms with Gasteiger partial charge in [-0.05, 0) is 31.9 Å². The van der Waals surface area contributed by atoms with E-state index in [1.807, 2.05) is 51.2 Å². The Hall–Kier alpha value is -2.73. The molecule has 2 N–H and O–H groups in total. The molecule has 0 saturated carbocycles. The summed E-state index contributed by atoms with van der Waals surface area (Å²) in [4.78, 5) is 17.5. The molecule has 1 amide bonds. The van der Waals surface area contributed by atoms with E-state index in [4.69, 9.17) is 0 Å². The van der Waals surface area contributed by atoms with Crippen LogP contribution in [0.5, 0.6) is 0 Å². The number of nitrogens with one attached hydrogen (secondary N) is 1. The van der Waals surface area contributed by atoms with Crippen molar-refractivity contribution >= 4 is 16.9 Å². The molecule has 6 heteroatoms. The van der Waals surface area contributed by atoms with E-state index in [2.05, 4.69) is 15.4 Å². The lowest BCUT2D eigenvalue weighted by Gasteiger charge is -2.19. The molecule has 1 aromatic carbocycles. The van der Waals surface area contributed by atoms with E-state index >= 15 is 0 Å². The molecule has 1 atom stereocenters. The van der Waals surface area contributed by atoms with Crippen molar-refractivity contribution in [2.24, 2.45) is 7.05 Å². The highest BCUT2D eigenvalue weighted by atomic mass is 16.3. The standard InChI is InChI=1S/C19H22N4O2/c1-12-11-15(17-13(2)22-23(3)18(17)20-12)19(25)21-16(9-10-24)14-7-5-4-6-8-14/h4-8,11,16,24H,9-10H2,1-3H3,(H,21,25). The molecule has 2 aromatic heterocycles. The van der Waals surface area contributed by atoms with E-state index < -0.39 is 0 Å². The maximum atomic E-state index is 13.0. The molecule has 0 spiro atoms. The van der Waals surface area contributed by atoms with E-state index in [1.54, 1.807) is 10.7 Å². The second kappa shape index (κ2) is 7.03. The van der Waals surface area contributed by atoms with Crippen molar-refractivity contribution in [3.8, 4) is 0 Å². The summed E-state index contributed by atoms with van der Waals surface area (Å²) in [6, 6.07) is 11.2. The number of rotatable bonds is 5. The first-order valence-corrected chi connectivity index (χ1v) is 8.29. The number of aliphatic hydroxyl groups is 1. The molecule has 0 aliphatic carbocycles. The monoisotopic (exact) mass is 338 g/mol. The maximum absolute atomic E-state index is 13.0. The van der Waals surface area contributed by atoms with Gasteiger partial charge in [-0.1, -0.05) is 30.3 Å². The number of aliphatic hydroxyl groups excluding tert-OH is 1. The molecule has 0 aliphatic heterocycles. The van der Waals surface area contributed by atoms with Gasteiger partial charge in [0.15, 0.2) is 5.65 Å². The number of pyridine rings is 1. The summed E-state index contributed by atoms with van der Waals surface area (Å²) in [5.74, 6) is -0.186. The zero-order valence-electron chi connectivity index (χ0n) is 14.7. The lowest BCUT2D eigenvalue weighted by molar-refractivity contribution is 0.0931. The second-order valence-electron chi connectivity index (χ2n) is 6.17.